The molecule has 0 fully saturated rings. The summed E-state index contributed by atoms with van der Waals surface area (Å²) < 4.78 is 0. The van der Waals surface area contributed by atoms with Crippen molar-refractivity contribution in [2.45, 2.75) is 32.1 Å². The maximum Gasteiger partial charge on any atom is 0.248 e. The maximum absolute atomic E-state index is 11.1. The molecule has 0 aliphatic carbocycles. The summed E-state index contributed by atoms with van der Waals surface area (Å²) in [5, 5.41) is 0. The number of nitrogens with two attached hydrogens (primary N) is 2. The zero-order valence-electron chi connectivity index (χ0n) is 13.7. The third-order valence-electron chi connectivity index (χ3n) is 3.58. The second kappa shape index (κ2) is 9.41. The Morgan fingerprint density at radius 3 is 1.52 bits per heavy atom. The molecule has 0 aromatic heterocycles. The first kappa shape index (κ1) is 20.4. The molecular formula is C19H26N2O2. The normalized spacial score (nSPS) is 9.74. The highest BCUT2D eigenvalue weighted by atomic mass is 16.1. The van der Waals surface area contributed by atoms with Crippen LogP contribution in [0.3, 0.4) is 0 Å². The highest BCUT2D eigenvalue weighted by molar-refractivity contribution is 5.97. The molecule has 2 amide bonds. The Kier molecular flexibility index (Phi) is 8.34. The largest absolute Gasteiger partial charge is 0.370 e. The molecule has 0 aliphatic heterocycles. The van der Waals surface area contributed by atoms with E-state index in [-0.39, 0.29) is 11.5 Å². The summed E-state index contributed by atoms with van der Waals surface area (Å²) in [5.41, 5.74) is 13.2. The van der Waals surface area contributed by atoms with Gasteiger partial charge in [0.15, 0.2) is 0 Å². The first-order valence-corrected chi connectivity index (χ1v) is 7.31. The highest BCUT2D eigenvalue weighted by Crippen LogP contribution is 2.29. The van der Waals surface area contributed by atoms with Crippen molar-refractivity contribution in [2.24, 2.45) is 11.5 Å². The van der Waals surface area contributed by atoms with Crippen molar-refractivity contribution in [3.8, 4) is 0 Å². The van der Waals surface area contributed by atoms with Gasteiger partial charge in [-0.3, -0.25) is 9.59 Å². The molecule has 0 unspecified atom stereocenters. The van der Waals surface area contributed by atoms with E-state index in [0.29, 0.717) is 28.7 Å². The van der Waals surface area contributed by atoms with E-state index < -0.39 is 5.91 Å². The van der Waals surface area contributed by atoms with Gasteiger partial charge in [0.2, 0.25) is 11.8 Å². The van der Waals surface area contributed by atoms with E-state index in [1.54, 1.807) is 0 Å². The molecule has 0 spiro atoms. The number of carbonyl (C=O) groups excluding carboxylic acids is 2. The average Bonchev–Trinajstić information content (AvgIpc) is 2.50. The Morgan fingerprint density at radius 2 is 1.04 bits per heavy atom. The number of primary amides is 2. The summed E-state index contributed by atoms with van der Waals surface area (Å²) in [6.45, 7) is 23.1. The van der Waals surface area contributed by atoms with E-state index >= 15 is 0 Å². The van der Waals surface area contributed by atoms with Gasteiger partial charge in [-0.25, -0.2) is 0 Å². The standard InChI is InChI=1S/C19H26N2O2/c1-12(10-8-7-9-11-18(20)22)13(2)14(3)15(4)16(5)17(6)19(21)23/h1-11H2,(H2,20,22)(H2,21,23). The van der Waals surface area contributed by atoms with Crippen LogP contribution in [0.15, 0.2) is 72.9 Å². The Bertz CT molecular complexity index is 594. The monoisotopic (exact) mass is 314 g/mol. The van der Waals surface area contributed by atoms with E-state index in [4.69, 9.17) is 11.5 Å². The maximum atomic E-state index is 11.1. The van der Waals surface area contributed by atoms with Crippen LogP contribution in [-0.4, -0.2) is 11.8 Å². The topological polar surface area (TPSA) is 86.2 Å². The van der Waals surface area contributed by atoms with Crippen LogP contribution >= 0.6 is 0 Å². The minimum Gasteiger partial charge on any atom is -0.370 e. The molecule has 23 heavy (non-hydrogen) atoms. The molecule has 0 rings (SSSR count). The van der Waals surface area contributed by atoms with Crippen molar-refractivity contribution in [1.29, 1.82) is 0 Å². The van der Waals surface area contributed by atoms with Crippen LogP contribution in [0, 0.1) is 0 Å². The van der Waals surface area contributed by atoms with Gasteiger partial charge in [0.25, 0.3) is 0 Å². The van der Waals surface area contributed by atoms with Crippen LogP contribution in [-0.2, 0) is 9.59 Å². The molecule has 0 bridgehead atoms. The molecule has 0 atom stereocenters. The van der Waals surface area contributed by atoms with E-state index in [1.165, 1.54) is 0 Å². The van der Waals surface area contributed by atoms with Gasteiger partial charge in [0.1, 0.15) is 0 Å². The van der Waals surface area contributed by atoms with Gasteiger partial charge in [0.05, 0.1) is 0 Å². The van der Waals surface area contributed by atoms with Crippen LogP contribution in [0.25, 0.3) is 0 Å². The highest BCUT2D eigenvalue weighted by Gasteiger charge is 2.15. The van der Waals surface area contributed by atoms with E-state index in [1.807, 2.05) is 0 Å². The number of unbranched alkanes of at least 4 members (excludes halogenated alkanes) is 2. The van der Waals surface area contributed by atoms with E-state index in [0.717, 1.165) is 31.3 Å². The van der Waals surface area contributed by atoms with Crippen LogP contribution in [0.1, 0.15) is 32.1 Å². The van der Waals surface area contributed by atoms with Gasteiger partial charge in [0, 0.05) is 12.0 Å². The first-order chi connectivity index (χ1) is 10.6. The lowest BCUT2D eigenvalue weighted by Crippen LogP contribution is -2.15. The molecule has 4 heteroatoms. The van der Waals surface area contributed by atoms with Crippen molar-refractivity contribution in [3.63, 3.8) is 0 Å². The number of carbonyl (C=O) groups is 2. The van der Waals surface area contributed by atoms with Crippen molar-refractivity contribution in [2.75, 3.05) is 0 Å². The fourth-order valence-corrected chi connectivity index (χ4v) is 1.87. The summed E-state index contributed by atoms with van der Waals surface area (Å²) in [6, 6.07) is 0. The van der Waals surface area contributed by atoms with Crippen molar-refractivity contribution < 1.29 is 9.59 Å². The second-order valence-corrected chi connectivity index (χ2v) is 5.39. The van der Waals surface area contributed by atoms with Gasteiger partial charge < -0.3 is 11.5 Å². The molecule has 4 N–H and O–H groups in total. The zero-order chi connectivity index (χ0) is 18.2. The van der Waals surface area contributed by atoms with Gasteiger partial charge in [-0.05, 0) is 47.1 Å². The molecule has 0 aromatic rings. The van der Waals surface area contributed by atoms with Crippen LogP contribution in [0.5, 0.6) is 0 Å². The molecule has 4 nitrogen and oxygen atoms in total. The molecule has 0 radical (unpaired) electrons. The lowest BCUT2D eigenvalue weighted by Gasteiger charge is -2.16. The predicted octanol–water partition coefficient (Wildman–Crippen LogP) is 3.24. The quantitative estimate of drug-likeness (QED) is 0.329. The number of rotatable bonds is 12. The van der Waals surface area contributed by atoms with Crippen molar-refractivity contribution in [3.05, 3.63) is 72.9 Å². The SMILES string of the molecule is C=C(CCCCCC(N)=O)C(=C)C(=C)C(=C)C(=C)C(=C)C(N)=O. The van der Waals surface area contributed by atoms with Crippen LogP contribution in [0.2, 0.25) is 0 Å². The molecule has 0 aromatic carbocycles. The fraction of sp³-hybridized carbons (Fsp3) is 0.263. The molecule has 0 saturated carbocycles. The Labute approximate surface area is 138 Å². The summed E-state index contributed by atoms with van der Waals surface area (Å²) in [7, 11) is 0. The Morgan fingerprint density at radius 1 is 0.609 bits per heavy atom. The fourth-order valence-electron chi connectivity index (χ4n) is 1.87. The van der Waals surface area contributed by atoms with E-state index in [9.17, 15) is 9.59 Å². The molecule has 0 aliphatic rings. The van der Waals surface area contributed by atoms with Crippen LogP contribution < -0.4 is 11.5 Å². The Balaban J connectivity index is 4.50. The summed E-state index contributed by atoms with van der Waals surface area (Å²) in [5.74, 6) is -0.936. The minimum atomic E-state index is -0.650. The van der Waals surface area contributed by atoms with Crippen molar-refractivity contribution >= 4 is 11.8 Å². The summed E-state index contributed by atoms with van der Waals surface area (Å²) >= 11 is 0. The smallest absolute Gasteiger partial charge is 0.248 e. The third-order valence-corrected chi connectivity index (χ3v) is 3.58. The van der Waals surface area contributed by atoms with Crippen molar-refractivity contribution in [1.82, 2.24) is 0 Å². The summed E-state index contributed by atoms with van der Waals surface area (Å²) in [4.78, 5) is 21.8. The Hall–Kier alpha value is -2.62. The number of hydrogen-bond acceptors (Lipinski definition) is 2. The molecule has 0 saturated heterocycles. The predicted molar refractivity (Wildman–Crippen MR) is 96.3 cm³/mol. The lowest BCUT2D eigenvalue weighted by molar-refractivity contribution is -0.118. The molecule has 124 valence electrons. The van der Waals surface area contributed by atoms with Gasteiger partial charge in [-0.15, -0.1) is 0 Å². The van der Waals surface area contributed by atoms with E-state index in [2.05, 4.69) is 39.5 Å². The number of amides is 2. The van der Waals surface area contributed by atoms with Gasteiger partial charge in [-0.1, -0.05) is 45.9 Å². The number of allylic oxidation sites excluding steroid dienone is 4. The van der Waals surface area contributed by atoms with Gasteiger partial charge >= 0.3 is 0 Å². The number of hydrogen-bond donors (Lipinski definition) is 2. The van der Waals surface area contributed by atoms with Gasteiger partial charge in [-0.2, -0.15) is 0 Å². The lowest BCUT2D eigenvalue weighted by atomic mass is 9.88. The summed E-state index contributed by atoms with van der Waals surface area (Å²) in [6.07, 6.45) is 3.64. The first-order valence-electron chi connectivity index (χ1n) is 7.31. The average molecular weight is 314 g/mol. The van der Waals surface area contributed by atoms with Crippen LogP contribution in [0.4, 0.5) is 0 Å². The molecule has 0 heterocycles. The zero-order valence-corrected chi connectivity index (χ0v) is 13.7. The second-order valence-electron chi connectivity index (χ2n) is 5.39. The molecular weight excluding hydrogens is 288 g/mol. The third kappa shape index (κ3) is 6.78. The minimum absolute atomic E-state index is 0.0982.